The molecule has 0 radical (unpaired) electrons. The van der Waals surface area contributed by atoms with E-state index in [1.165, 1.54) is 11.1 Å². The van der Waals surface area contributed by atoms with Crippen LogP contribution in [0.1, 0.15) is 0 Å². The topological polar surface area (TPSA) is 91.7 Å². The van der Waals surface area contributed by atoms with Gasteiger partial charge in [-0.05, 0) is 0 Å². The fourth-order valence-corrected chi connectivity index (χ4v) is 1.77. The Morgan fingerprint density at radius 1 is 1.53 bits per heavy atom. The number of nitrogens with zero attached hydrogens (tertiary/aromatic N) is 4. The summed E-state index contributed by atoms with van der Waals surface area (Å²) in [4.78, 5) is 9.47. The summed E-state index contributed by atoms with van der Waals surface area (Å²) in [7, 11) is 0. The van der Waals surface area contributed by atoms with E-state index < -0.39 is 13.0 Å². The number of rotatable bonds is 6. The second-order valence-electron chi connectivity index (χ2n) is 3.81. The lowest BCUT2D eigenvalue weighted by molar-refractivity contribution is 0.152. The number of halogens is 2. The van der Waals surface area contributed by atoms with Crippen LogP contribution in [0.2, 0.25) is 0 Å². The maximum Gasteiger partial charge on any atom is 0.255 e. The number of anilines is 2. The largest absolute Gasteiger partial charge is 0.395 e. The molecule has 104 valence electrons. The van der Waals surface area contributed by atoms with Gasteiger partial charge in [-0.1, -0.05) is 0 Å². The van der Waals surface area contributed by atoms with Crippen molar-refractivity contribution in [2.75, 3.05) is 30.0 Å². The molecule has 0 aliphatic rings. The van der Waals surface area contributed by atoms with E-state index in [2.05, 4.69) is 15.4 Å². The molecule has 0 aromatic carbocycles. The van der Waals surface area contributed by atoms with Crippen LogP contribution in [0.4, 0.5) is 20.4 Å². The number of alkyl halides is 2. The van der Waals surface area contributed by atoms with Crippen LogP contribution >= 0.6 is 0 Å². The SMILES string of the molecule is NNc1cn2ccnc2c(N(CCO)CC(F)F)n1. The zero-order valence-corrected chi connectivity index (χ0v) is 10.0. The molecule has 2 rings (SSSR count). The fraction of sp³-hybridized carbons (Fsp3) is 0.400. The first-order valence-electron chi connectivity index (χ1n) is 5.60. The van der Waals surface area contributed by atoms with E-state index in [-0.39, 0.29) is 19.0 Å². The first kappa shape index (κ1) is 13.4. The van der Waals surface area contributed by atoms with E-state index in [0.29, 0.717) is 11.5 Å². The summed E-state index contributed by atoms with van der Waals surface area (Å²) in [5.41, 5.74) is 2.79. The lowest BCUT2D eigenvalue weighted by atomic mass is 10.4. The third-order valence-electron chi connectivity index (χ3n) is 2.53. The quantitative estimate of drug-likeness (QED) is 0.509. The second kappa shape index (κ2) is 5.76. The zero-order chi connectivity index (χ0) is 13.8. The minimum Gasteiger partial charge on any atom is -0.395 e. The molecule has 0 atom stereocenters. The van der Waals surface area contributed by atoms with Gasteiger partial charge in [-0.25, -0.2) is 24.6 Å². The summed E-state index contributed by atoms with van der Waals surface area (Å²) in [5.74, 6) is 5.85. The number of nitrogens with one attached hydrogen (secondary N) is 1. The molecule has 0 unspecified atom stereocenters. The van der Waals surface area contributed by atoms with Crippen molar-refractivity contribution in [1.82, 2.24) is 14.4 Å². The summed E-state index contributed by atoms with van der Waals surface area (Å²) in [5, 5.41) is 8.98. The van der Waals surface area contributed by atoms with Crippen LogP contribution in [0.25, 0.3) is 5.65 Å². The third kappa shape index (κ3) is 2.88. The number of imidazole rings is 1. The number of hydrazine groups is 1. The molecule has 0 saturated carbocycles. The molecule has 0 aliphatic carbocycles. The summed E-state index contributed by atoms with van der Waals surface area (Å²) < 4.78 is 26.8. The molecule has 0 saturated heterocycles. The Morgan fingerprint density at radius 3 is 2.95 bits per heavy atom. The van der Waals surface area contributed by atoms with Crippen LogP contribution in [0.5, 0.6) is 0 Å². The molecule has 0 aliphatic heterocycles. The predicted molar refractivity (Wildman–Crippen MR) is 66.1 cm³/mol. The number of hydrogen-bond acceptors (Lipinski definition) is 6. The molecule has 2 aromatic heterocycles. The predicted octanol–water partition coefficient (Wildman–Crippen LogP) is 0.0787. The van der Waals surface area contributed by atoms with Gasteiger partial charge in [0.2, 0.25) is 0 Å². The minimum absolute atomic E-state index is 0.0356. The lowest BCUT2D eigenvalue weighted by Gasteiger charge is -2.23. The van der Waals surface area contributed by atoms with Crippen LogP contribution in [-0.4, -0.2) is 45.6 Å². The standard InChI is InChI=1S/C10H14F2N6O/c11-7(12)5-18(3-4-19)10-9-14-1-2-17(9)6-8(15-10)16-13/h1-2,6-7,16,19H,3-5,13H2. The third-order valence-corrected chi connectivity index (χ3v) is 2.53. The molecular formula is C10H14F2N6O. The Hall–Kier alpha value is -2.00. The van der Waals surface area contributed by atoms with E-state index in [1.54, 1.807) is 16.8 Å². The number of aromatic nitrogens is 3. The first-order chi connectivity index (χ1) is 9.15. The molecule has 0 spiro atoms. The smallest absolute Gasteiger partial charge is 0.255 e. The van der Waals surface area contributed by atoms with Crippen LogP contribution in [0, 0.1) is 0 Å². The Balaban J connectivity index is 2.46. The molecule has 0 amide bonds. The average Bonchev–Trinajstić information content (AvgIpc) is 2.84. The van der Waals surface area contributed by atoms with Gasteiger partial charge in [-0.2, -0.15) is 0 Å². The van der Waals surface area contributed by atoms with E-state index >= 15 is 0 Å². The molecular weight excluding hydrogens is 258 g/mol. The van der Waals surface area contributed by atoms with Crippen molar-refractivity contribution in [3.05, 3.63) is 18.6 Å². The highest BCUT2D eigenvalue weighted by atomic mass is 19.3. The van der Waals surface area contributed by atoms with Gasteiger partial charge >= 0.3 is 0 Å². The monoisotopic (exact) mass is 272 g/mol. The molecule has 19 heavy (non-hydrogen) atoms. The van der Waals surface area contributed by atoms with Crippen molar-refractivity contribution in [2.45, 2.75) is 6.43 Å². The molecule has 0 bridgehead atoms. The second-order valence-corrected chi connectivity index (χ2v) is 3.81. The van der Waals surface area contributed by atoms with E-state index in [4.69, 9.17) is 10.9 Å². The van der Waals surface area contributed by atoms with Crippen molar-refractivity contribution < 1.29 is 13.9 Å². The van der Waals surface area contributed by atoms with Crippen molar-refractivity contribution >= 4 is 17.3 Å². The van der Waals surface area contributed by atoms with Crippen molar-refractivity contribution in [3.63, 3.8) is 0 Å². The highest BCUT2D eigenvalue weighted by molar-refractivity contribution is 5.66. The Bertz CT molecular complexity index is 546. The van der Waals surface area contributed by atoms with Crippen LogP contribution in [0.15, 0.2) is 18.6 Å². The first-order valence-corrected chi connectivity index (χ1v) is 5.60. The Morgan fingerprint density at radius 2 is 2.32 bits per heavy atom. The summed E-state index contributed by atoms with van der Waals surface area (Å²) in [6, 6.07) is 0. The summed E-state index contributed by atoms with van der Waals surface area (Å²) in [6.45, 7) is -0.764. The number of nitrogens with two attached hydrogens (primary N) is 1. The van der Waals surface area contributed by atoms with Crippen LogP contribution in [0.3, 0.4) is 0 Å². The number of hydrogen-bond donors (Lipinski definition) is 3. The van der Waals surface area contributed by atoms with Gasteiger partial charge < -0.3 is 19.8 Å². The molecule has 0 fully saturated rings. The summed E-state index contributed by atoms with van der Waals surface area (Å²) >= 11 is 0. The normalized spacial score (nSPS) is 11.2. The van der Waals surface area contributed by atoms with Crippen LogP contribution < -0.4 is 16.2 Å². The van der Waals surface area contributed by atoms with Crippen LogP contribution in [-0.2, 0) is 0 Å². The average molecular weight is 272 g/mol. The van der Waals surface area contributed by atoms with Gasteiger partial charge in [-0.3, -0.25) is 0 Å². The number of aliphatic hydroxyl groups is 1. The van der Waals surface area contributed by atoms with Crippen molar-refractivity contribution in [3.8, 4) is 0 Å². The van der Waals surface area contributed by atoms with E-state index in [1.807, 2.05) is 0 Å². The number of nitrogen functional groups attached to an aromatic ring is 1. The molecule has 4 N–H and O–H groups in total. The molecule has 7 nitrogen and oxygen atoms in total. The maximum atomic E-state index is 12.6. The van der Waals surface area contributed by atoms with Gasteiger partial charge in [0, 0.05) is 18.9 Å². The lowest BCUT2D eigenvalue weighted by Crippen LogP contribution is -2.33. The van der Waals surface area contributed by atoms with E-state index in [9.17, 15) is 8.78 Å². The van der Waals surface area contributed by atoms with Gasteiger partial charge in [-0.15, -0.1) is 0 Å². The fourth-order valence-electron chi connectivity index (χ4n) is 1.77. The summed E-state index contributed by atoms with van der Waals surface area (Å²) in [6.07, 6.45) is 2.23. The molecule has 2 aromatic rings. The van der Waals surface area contributed by atoms with Gasteiger partial charge in [0.05, 0.1) is 19.3 Å². The van der Waals surface area contributed by atoms with Gasteiger partial charge in [0.1, 0.15) is 0 Å². The number of aliphatic hydroxyl groups excluding tert-OH is 1. The highest BCUT2D eigenvalue weighted by Crippen LogP contribution is 2.21. The molecule has 2 heterocycles. The minimum atomic E-state index is -2.54. The number of fused-ring (bicyclic) bond motifs is 1. The van der Waals surface area contributed by atoms with Crippen molar-refractivity contribution in [1.29, 1.82) is 0 Å². The highest BCUT2D eigenvalue weighted by Gasteiger charge is 2.18. The van der Waals surface area contributed by atoms with Gasteiger partial charge in [0.15, 0.2) is 17.3 Å². The Kier molecular flexibility index (Phi) is 4.07. The maximum absolute atomic E-state index is 12.6. The van der Waals surface area contributed by atoms with E-state index in [0.717, 1.165) is 0 Å². The zero-order valence-electron chi connectivity index (χ0n) is 10.0. The van der Waals surface area contributed by atoms with Crippen molar-refractivity contribution in [2.24, 2.45) is 5.84 Å². The Labute approximate surface area is 107 Å². The van der Waals surface area contributed by atoms with Gasteiger partial charge in [0.25, 0.3) is 6.43 Å². The molecule has 9 heteroatoms.